The second-order valence-electron chi connectivity index (χ2n) is 15.1. The van der Waals surface area contributed by atoms with Gasteiger partial charge < -0.3 is 23.7 Å². The van der Waals surface area contributed by atoms with Crippen LogP contribution in [0.25, 0.3) is 11.6 Å². The number of esters is 2. The van der Waals surface area contributed by atoms with Crippen molar-refractivity contribution in [2.45, 2.75) is 50.2 Å². The highest BCUT2D eigenvalue weighted by atomic mass is 32.2. The Labute approximate surface area is 389 Å². The van der Waals surface area contributed by atoms with E-state index in [0.29, 0.717) is 27.8 Å². The molecule has 2 aromatic heterocycles. The van der Waals surface area contributed by atoms with Crippen LogP contribution in [0.5, 0.6) is 23.1 Å². The third kappa shape index (κ3) is 14.7. The van der Waals surface area contributed by atoms with E-state index in [9.17, 15) is 18.0 Å². The fourth-order valence-corrected chi connectivity index (χ4v) is 7.14. The summed E-state index contributed by atoms with van der Waals surface area (Å²) in [5, 5.41) is 34.2. The molecular weight excluding hydrogens is 911 g/mol. The Hall–Kier alpha value is -7.19. The second-order valence-corrected chi connectivity index (χ2v) is 16.8. The Balaban J connectivity index is 1.19. The standard InChI is InChI=1S/C45H47N7O15S/c1-45(2,29-64-39(54)26-31-11-15-33(16-12-31)28-66-52(57)58)34-17-19-35(20-18-34)68(59,60)50-41-40(67-37-8-5-4-7-36(37)61-3)44(49-43(48-41)42-46-21-6-22-47-42)63-24-23-62-38(53)25-30-9-13-32(14-10-30)27-65-51(55)56/h4-22,55-58H,23-29H2,1-3H3,(H,48,49,50). The summed E-state index contributed by atoms with van der Waals surface area (Å²) in [5.74, 6) is -1.67. The Morgan fingerprint density at radius 1 is 0.662 bits per heavy atom. The molecule has 6 rings (SSSR count). The first-order chi connectivity index (χ1) is 32.6. The molecule has 0 radical (unpaired) electrons. The summed E-state index contributed by atoms with van der Waals surface area (Å²) >= 11 is 0. The van der Waals surface area contributed by atoms with E-state index in [1.54, 1.807) is 91.0 Å². The monoisotopic (exact) mass is 957 g/mol. The van der Waals surface area contributed by atoms with Crippen molar-refractivity contribution in [1.29, 1.82) is 0 Å². The van der Waals surface area contributed by atoms with Crippen molar-refractivity contribution in [3.05, 3.63) is 143 Å². The number of rotatable bonds is 24. The van der Waals surface area contributed by atoms with Crippen molar-refractivity contribution in [3.8, 4) is 34.8 Å². The van der Waals surface area contributed by atoms with E-state index in [-0.39, 0.29) is 96.8 Å². The molecule has 0 aliphatic heterocycles. The molecule has 0 spiro atoms. The number of hydrogen-bond acceptors (Lipinski definition) is 21. The zero-order valence-corrected chi connectivity index (χ0v) is 37.6. The van der Waals surface area contributed by atoms with Crippen molar-refractivity contribution >= 4 is 27.8 Å². The van der Waals surface area contributed by atoms with Gasteiger partial charge in [0.15, 0.2) is 23.1 Å². The van der Waals surface area contributed by atoms with Gasteiger partial charge in [0.25, 0.3) is 15.9 Å². The van der Waals surface area contributed by atoms with Crippen LogP contribution in [-0.2, 0) is 70.2 Å². The molecule has 2 heterocycles. The van der Waals surface area contributed by atoms with Crippen molar-refractivity contribution in [2.24, 2.45) is 0 Å². The molecule has 0 fully saturated rings. The van der Waals surface area contributed by atoms with Crippen LogP contribution in [0.4, 0.5) is 5.82 Å². The first kappa shape index (κ1) is 50.2. The predicted molar refractivity (Wildman–Crippen MR) is 235 cm³/mol. The molecular formula is C45H47N7O15S. The SMILES string of the molecule is COc1ccccc1Oc1c(NS(=O)(=O)c2ccc(C(C)(C)COC(=O)Cc3ccc(CON(O)O)cc3)cc2)nc(-c2ncccn2)nc1OCCOC(=O)Cc1ccc(CON(O)O)cc1. The molecule has 0 aliphatic carbocycles. The summed E-state index contributed by atoms with van der Waals surface area (Å²) in [7, 11) is -3.01. The van der Waals surface area contributed by atoms with Gasteiger partial charge in [-0.1, -0.05) is 86.6 Å². The van der Waals surface area contributed by atoms with Gasteiger partial charge in [0.1, 0.15) is 19.8 Å². The lowest BCUT2D eigenvalue weighted by Crippen LogP contribution is -2.27. The van der Waals surface area contributed by atoms with E-state index in [1.807, 2.05) is 13.8 Å². The fraction of sp³-hybridized carbons (Fsp3) is 0.244. The maximum atomic E-state index is 14.2. The number of ether oxygens (including phenoxy) is 5. The molecule has 23 heteroatoms. The number of hydrogen-bond donors (Lipinski definition) is 5. The molecule has 68 heavy (non-hydrogen) atoms. The van der Waals surface area contributed by atoms with Gasteiger partial charge in [-0.3, -0.25) is 35.1 Å². The molecule has 0 atom stereocenters. The van der Waals surface area contributed by atoms with Crippen LogP contribution in [0.1, 0.15) is 41.7 Å². The summed E-state index contributed by atoms with van der Waals surface area (Å²) in [6.45, 7) is 2.92. The van der Waals surface area contributed by atoms with Gasteiger partial charge in [-0.25, -0.2) is 33.0 Å². The van der Waals surface area contributed by atoms with Crippen molar-refractivity contribution < 1.29 is 72.2 Å². The van der Waals surface area contributed by atoms with Crippen molar-refractivity contribution in [2.75, 3.05) is 31.7 Å². The third-order valence-corrected chi connectivity index (χ3v) is 11.0. The minimum Gasteiger partial charge on any atom is -0.493 e. The molecule has 0 aliphatic rings. The molecule has 0 bridgehead atoms. The molecule has 5 N–H and O–H groups in total. The number of methoxy groups -OCH3 is 1. The van der Waals surface area contributed by atoms with E-state index in [4.69, 9.17) is 44.5 Å². The number of anilines is 1. The molecule has 0 saturated carbocycles. The van der Waals surface area contributed by atoms with Crippen LogP contribution in [0.15, 0.2) is 120 Å². The maximum absolute atomic E-state index is 14.2. The van der Waals surface area contributed by atoms with Gasteiger partial charge in [0.05, 0.1) is 48.8 Å². The number of para-hydroxylation sites is 2. The largest absolute Gasteiger partial charge is 0.493 e. The predicted octanol–water partition coefficient (Wildman–Crippen LogP) is 5.79. The fourth-order valence-electron chi connectivity index (χ4n) is 6.13. The number of aromatic nitrogens is 4. The lowest BCUT2D eigenvalue weighted by atomic mass is 9.86. The number of carbonyl (C=O) groups is 2. The van der Waals surface area contributed by atoms with Crippen LogP contribution in [0.3, 0.4) is 0 Å². The maximum Gasteiger partial charge on any atom is 0.310 e. The second kappa shape index (κ2) is 23.5. The van der Waals surface area contributed by atoms with Gasteiger partial charge in [0.2, 0.25) is 11.6 Å². The molecule has 4 aromatic carbocycles. The van der Waals surface area contributed by atoms with Gasteiger partial charge in [-0.2, -0.15) is 4.98 Å². The molecule has 0 amide bonds. The van der Waals surface area contributed by atoms with Crippen LogP contribution in [0.2, 0.25) is 0 Å². The van der Waals surface area contributed by atoms with Crippen LogP contribution in [-0.4, -0.2) is 98.8 Å². The van der Waals surface area contributed by atoms with E-state index in [0.717, 1.165) is 0 Å². The van der Waals surface area contributed by atoms with Crippen LogP contribution >= 0.6 is 0 Å². The summed E-state index contributed by atoms with van der Waals surface area (Å²) in [4.78, 5) is 52.0. The van der Waals surface area contributed by atoms with E-state index >= 15 is 0 Å². The number of carbonyl (C=O) groups excluding carboxylic acids is 2. The Morgan fingerprint density at radius 3 is 1.76 bits per heavy atom. The van der Waals surface area contributed by atoms with Crippen LogP contribution in [0, 0.1) is 0 Å². The molecule has 22 nitrogen and oxygen atoms in total. The highest BCUT2D eigenvalue weighted by molar-refractivity contribution is 7.92. The average Bonchev–Trinajstić information content (AvgIpc) is 3.33. The van der Waals surface area contributed by atoms with Crippen molar-refractivity contribution in [3.63, 3.8) is 0 Å². The Bertz CT molecular complexity index is 2710. The molecule has 0 saturated heterocycles. The normalized spacial score (nSPS) is 11.6. The number of nitrogens with one attached hydrogen (secondary N) is 1. The number of nitrogens with zero attached hydrogens (tertiary/aromatic N) is 6. The summed E-state index contributed by atoms with van der Waals surface area (Å²) in [5.41, 5.74) is 2.46. The topological polar surface area (TPSA) is 284 Å². The minimum absolute atomic E-state index is 0.0188. The molecule has 358 valence electrons. The van der Waals surface area contributed by atoms with E-state index in [2.05, 4.69) is 34.3 Å². The summed E-state index contributed by atoms with van der Waals surface area (Å²) in [6, 6.07) is 27.4. The van der Waals surface area contributed by atoms with Gasteiger partial charge in [-0.05, 0) is 58.1 Å². The molecule has 0 unspecified atom stereocenters. The average molecular weight is 958 g/mol. The third-order valence-electron chi connectivity index (χ3n) is 9.67. The summed E-state index contributed by atoms with van der Waals surface area (Å²) < 4.78 is 59.6. The zero-order chi connectivity index (χ0) is 48.7. The lowest BCUT2D eigenvalue weighted by molar-refractivity contribution is -0.497. The first-order valence-electron chi connectivity index (χ1n) is 20.4. The van der Waals surface area contributed by atoms with Gasteiger partial charge in [-0.15, -0.1) is 0 Å². The van der Waals surface area contributed by atoms with Crippen molar-refractivity contribution in [1.82, 2.24) is 30.7 Å². The van der Waals surface area contributed by atoms with E-state index < -0.39 is 32.8 Å². The quantitative estimate of drug-likeness (QED) is 0.0273. The summed E-state index contributed by atoms with van der Waals surface area (Å²) in [6.07, 6.45) is 2.77. The Kier molecular flexibility index (Phi) is 17.4. The Morgan fingerprint density at radius 2 is 1.21 bits per heavy atom. The zero-order valence-electron chi connectivity index (χ0n) is 36.8. The molecule has 6 aromatic rings. The van der Waals surface area contributed by atoms with Gasteiger partial charge >= 0.3 is 11.9 Å². The number of benzene rings is 4. The highest BCUT2D eigenvalue weighted by Crippen LogP contribution is 2.41. The lowest BCUT2D eigenvalue weighted by Gasteiger charge is -2.25. The smallest absolute Gasteiger partial charge is 0.310 e. The van der Waals surface area contributed by atoms with E-state index in [1.165, 1.54) is 31.6 Å². The highest BCUT2D eigenvalue weighted by Gasteiger charge is 2.28. The number of sulfonamides is 1. The van der Waals surface area contributed by atoms with Crippen LogP contribution < -0.4 is 18.9 Å². The van der Waals surface area contributed by atoms with Gasteiger partial charge in [0, 0.05) is 17.8 Å². The minimum atomic E-state index is -4.44. The first-order valence-corrected chi connectivity index (χ1v) is 21.9.